The van der Waals surface area contributed by atoms with Gasteiger partial charge in [0.15, 0.2) is 0 Å². The fraction of sp³-hybridized carbons (Fsp3) is 0.174. The summed E-state index contributed by atoms with van der Waals surface area (Å²) in [5, 5.41) is 16.0. The quantitative estimate of drug-likeness (QED) is 0.546. The number of aryl methyl sites for hydroxylation is 2. The van der Waals surface area contributed by atoms with E-state index in [4.69, 9.17) is 0 Å². The molecule has 3 aromatic carbocycles. The molecule has 0 aliphatic rings. The summed E-state index contributed by atoms with van der Waals surface area (Å²) in [4.78, 5) is 12.2. The lowest BCUT2D eigenvalue weighted by Crippen LogP contribution is -2.32. The highest BCUT2D eigenvalue weighted by atomic mass is 32.2. The third-order valence-electron chi connectivity index (χ3n) is 4.29. The number of carbonyl (C=O) groups excluding carboxylic acids is 1. The molecule has 2 unspecified atom stereocenters. The van der Waals surface area contributed by atoms with Gasteiger partial charge in [-0.1, -0.05) is 36.4 Å². The first kappa shape index (κ1) is 20.8. The zero-order valence-corrected chi connectivity index (χ0v) is 17.2. The van der Waals surface area contributed by atoms with Crippen LogP contribution in [-0.2, 0) is 21.3 Å². The third-order valence-corrected chi connectivity index (χ3v) is 5.62. The summed E-state index contributed by atoms with van der Waals surface area (Å²) in [6.45, 7) is 4.09. The molecule has 3 aromatic rings. The number of aliphatic hydroxyl groups is 1. The third kappa shape index (κ3) is 6.01. The van der Waals surface area contributed by atoms with E-state index in [9.17, 15) is 14.1 Å². The van der Waals surface area contributed by atoms with Gasteiger partial charge in [0.05, 0.1) is 16.6 Å². The van der Waals surface area contributed by atoms with Gasteiger partial charge in [0.1, 0.15) is 0 Å². The lowest BCUT2D eigenvalue weighted by molar-refractivity contribution is -0.120. The summed E-state index contributed by atoms with van der Waals surface area (Å²) in [5.74, 6) is -0.567. The number of carbonyl (C=O) groups is 1. The average Bonchev–Trinajstić information content (AvgIpc) is 2.69. The van der Waals surface area contributed by atoms with Gasteiger partial charge in [-0.3, -0.25) is 9.00 Å². The number of benzene rings is 3. The van der Waals surface area contributed by atoms with Crippen molar-refractivity contribution in [1.82, 2.24) is 0 Å². The highest BCUT2D eigenvalue weighted by molar-refractivity contribution is 7.85. The zero-order valence-electron chi connectivity index (χ0n) is 16.4. The summed E-state index contributed by atoms with van der Waals surface area (Å²) < 4.78 is 12.2. The lowest BCUT2D eigenvalue weighted by Gasteiger charge is -2.13. The molecule has 0 radical (unpaired) electrons. The molecule has 3 rings (SSSR count). The Labute approximate surface area is 173 Å². The van der Waals surface area contributed by atoms with Gasteiger partial charge >= 0.3 is 0 Å². The number of amides is 1. The van der Waals surface area contributed by atoms with Crippen molar-refractivity contribution in [3.05, 3.63) is 89.5 Å². The molecule has 0 aromatic heterocycles. The molecule has 0 heterocycles. The molecule has 3 N–H and O–H groups in total. The van der Waals surface area contributed by atoms with Crippen molar-refractivity contribution in [1.29, 1.82) is 0 Å². The molecule has 0 bridgehead atoms. The van der Waals surface area contributed by atoms with E-state index < -0.39 is 22.1 Å². The van der Waals surface area contributed by atoms with E-state index in [0.29, 0.717) is 5.69 Å². The Balaban J connectivity index is 1.58. The zero-order chi connectivity index (χ0) is 20.8. The standard InChI is InChI=1S/C23H24N2O3S/c1-16-12-17(2)14-21(13-16)24-19-8-10-20(11-9-19)25-22(26)23(27)29(28)15-18-6-4-3-5-7-18/h3-14,23-24,27H,15H2,1-2H3,(H,25,26). The van der Waals surface area contributed by atoms with Gasteiger partial charge in [-0.15, -0.1) is 0 Å². The van der Waals surface area contributed by atoms with E-state index in [0.717, 1.165) is 16.9 Å². The van der Waals surface area contributed by atoms with Gasteiger partial charge in [-0.25, -0.2) is 0 Å². The maximum atomic E-state index is 12.2. The number of aliphatic hydroxyl groups excluding tert-OH is 1. The van der Waals surface area contributed by atoms with Crippen LogP contribution in [0.15, 0.2) is 72.8 Å². The number of hydrogen-bond donors (Lipinski definition) is 3. The van der Waals surface area contributed by atoms with Gasteiger partial charge in [0.25, 0.3) is 5.91 Å². The maximum absolute atomic E-state index is 12.2. The van der Waals surface area contributed by atoms with Crippen LogP contribution in [0.1, 0.15) is 16.7 Å². The fourth-order valence-corrected chi connectivity index (χ4v) is 3.97. The van der Waals surface area contributed by atoms with Crippen LogP contribution < -0.4 is 10.6 Å². The van der Waals surface area contributed by atoms with Crippen molar-refractivity contribution in [2.75, 3.05) is 10.6 Å². The Morgan fingerprint density at radius 2 is 1.48 bits per heavy atom. The first-order valence-corrected chi connectivity index (χ1v) is 10.6. The van der Waals surface area contributed by atoms with E-state index in [1.807, 2.05) is 56.3 Å². The molecule has 0 saturated carbocycles. The first-order valence-electron chi connectivity index (χ1n) is 9.26. The van der Waals surface area contributed by atoms with E-state index in [1.165, 1.54) is 11.1 Å². The van der Waals surface area contributed by atoms with Crippen molar-refractivity contribution in [3.63, 3.8) is 0 Å². The summed E-state index contributed by atoms with van der Waals surface area (Å²) in [6.07, 6.45) is 0. The molecule has 29 heavy (non-hydrogen) atoms. The van der Waals surface area contributed by atoms with Crippen LogP contribution in [0.2, 0.25) is 0 Å². The number of nitrogens with one attached hydrogen (secondary N) is 2. The minimum Gasteiger partial charge on any atom is -0.371 e. The van der Waals surface area contributed by atoms with E-state index in [-0.39, 0.29) is 5.75 Å². The second-order valence-corrected chi connectivity index (χ2v) is 8.43. The summed E-state index contributed by atoms with van der Waals surface area (Å²) >= 11 is 0. The van der Waals surface area contributed by atoms with Crippen molar-refractivity contribution in [2.24, 2.45) is 0 Å². The summed E-state index contributed by atoms with van der Waals surface area (Å²) in [7, 11) is -1.72. The Hall–Kier alpha value is -2.96. The van der Waals surface area contributed by atoms with E-state index in [2.05, 4.69) is 28.8 Å². The molecule has 150 valence electrons. The predicted octanol–water partition coefficient (Wildman–Crippen LogP) is 4.25. The smallest absolute Gasteiger partial charge is 0.266 e. The Bertz CT molecular complexity index is 984. The summed E-state index contributed by atoms with van der Waals surface area (Å²) in [5.41, 5.74) is 3.95. The molecule has 2 atom stereocenters. The van der Waals surface area contributed by atoms with Crippen LogP contribution in [0.25, 0.3) is 0 Å². The lowest BCUT2D eigenvalue weighted by atomic mass is 10.1. The molecule has 0 aliphatic carbocycles. The van der Waals surface area contributed by atoms with Crippen LogP contribution >= 0.6 is 0 Å². The topological polar surface area (TPSA) is 78.4 Å². The average molecular weight is 409 g/mol. The van der Waals surface area contributed by atoms with Crippen LogP contribution in [0.3, 0.4) is 0 Å². The second kappa shape index (κ2) is 9.49. The number of anilines is 3. The van der Waals surface area contributed by atoms with Gasteiger partial charge < -0.3 is 15.7 Å². The highest BCUT2D eigenvalue weighted by Crippen LogP contribution is 2.21. The van der Waals surface area contributed by atoms with E-state index in [1.54, 1.807) is 12.1 Å². The minimum atomic E-state index is -1.72. The first-order chi connectivity index (χ1) is 13.9. The second-order valence-electron chi connectivity index (χ2n) is 6.93. The molecule has 0 spiro atoms. The van der Waals surface area contributed by atoms with Crippen LogP contribution in [0.4, 0.5) is 17.1 Å². The van der Waals surface area contributed by atoms with Gasteiger partial charge in [0.2, 0.25) is 5.44 Å². The Kier molecular flexibility index (Phi) is 6.80. The van der Waals surface area contributed by atoms with Crippen LogP contribution in [-0.4, -0.2) is 20.7 Å². The molecular weight excluding hydrogens is 384 g/mol. The van der Waals surface area contributed by atoms with Gasteiger partial charge in [-0.2, -0.15) is 0 Å². The van der Waals surface area contributed by atoms with Crippen molar-refractivity contribution in [2.45, 2.75) is 25.0 Å². The normalized spacial score (nSPS) is 12.8. The summed E-state index contributed by atoms with van der Waals surface area (Å²) in [6, 6.07) is 22.5. The van der Waals surface area contributed by atoms with Crippen molar-refractivity contribution < 1.29 is 14.1 Å². The number of hydrogen-bond acceptors (Lipinski definition) is 4. The minimum absolute atomic E-state index is 0.119. The maximum Gasteiger partial charge on any atom is 0.266 e. The predicted molar refractivity (Wildman–Crippen MR) is 119 cm³/mol. The monoisotopic (exact) mass is 408 g/mol. The van der Waals surface area contributed by atoms with E-state index >= 15 is 0 Å². The Morgan fingerprint density at radius 3 is 2.10 bits per heavy atom. The van der Waals surface area contributed by atoms with Crippen LogP contribution in [0.5, 0.6) is 0 Å². The molecule has 1 amide bonds. The highest BCUT2D eigenvalue weighted by Gasteiger charge is 2.22. The fourth-order valence-electron chi connectivity index (χ4n) is 2.99. The SMILES string of the molecule is Cc1cc(C)cc(Nc2ccc(NC(=O)C(O)S(=O)Cc3ccccc3)cc2)c1. The molecule has 6 heteroatoms. The largest absolute Gasteiger partial charge is 0.371 e. The van der Waals surface area contributed by atoms with Crippen LogP contribution in [0, 0.1) is 13.8 Å². The Morgan fingerprint density at radius 1 is 0.897 bits per heavy atom. The molecular formula is C23H24N2O3S. The van der Waals surface area contributed by atoms with Gasteiger partial charge in [0, 0.05) is 17.1 Å². The number of rotatable bonds is 7. The van der Waals surface area contributed by atoms with Crippen molar-refractivity contribution in [3.8, 4) is 0 Å². The van der Waals surface area contributed by atoms with Crippen molar-refractivity contribution >= 4 is 33.8 Å². The van der Waals surface area contributed by atoms with Gasteiger partial charge in [-0.05, 0) is 66.9 Å². The molecule has 5 nitrogen and oxygen atoms in total. The molecule has 0 fully saturated rings. The molecule has 0 aliphatic heterocycles. The molecule has 0 saturated heterocycles.